The SMILES string of the molecule is Cc1ccc(S(=O)(=O)N(C)C)cc1C(=O)OCC(=O)Nc1ccc(N(C)C)cc1. The van der Waals surface area contributed by atoms with Gasteiger partial charge in [-0.05, 0) is 48.9 Å². The number of amides is 1. The third kappa shape index (κ3) is 5.55. The van der Waals surface area contributed by atoms with Crippen molar-refractivity contribution in [2.24, 2.45) is 0 Å². The van der Waals surface area contributed by atoms with E-state index < -0.39 is 28.5 Å². The molecule has 0 radical (unpaired) electrons. The second-order valence-electron chi connectivity index (χ2n) is 6.83. The zero-order valence-electron chi connectivity index (χ0n) is 17.1. The molecule has 8 nitrogen and oxygen atoms in total. The van der Waals surface area contributed by atoms with Crippen molar-refractivity contribution < 1.29 is 22.7 Å². The molecule has 0 atom stereocenters. The van der Waals surface area contributed by atoms with Crippen LogP contribution >= 0.6 is 0 Å². The molecule has 156 valence electrons. The summed E-state index contributed by atoms with van der Waals surface area (Å²) in [5.74, 6) is -1.26. The first kappa shape index (κ1) is 22.4. The summed E-state index contributed by atoms with van der Waals surface area (Å²) in [6, 6.07) is 11.4. The summed E-state index contributed by atoms with van der Waals surface area (Å²) in [7, 11) is 2.94. The number of esters is 1. The van der Waals surface area contributed by atoms with Gasteiger partial charge in [0.2, 0.25) is 10.0 Å². The van der Waals surface area contributed by atoms with E-state index in [1.54, 1.807) is 19.1 Å². The topological polar surface area (TPSA) is 96.0 Å². The van der Waals surface area contributed by atoms with Crippen molar-refractivity contribution in [1.29, 1.82) is 0 Å². The van der Waals surface area contributed by atoms with Crippen molar-refractivity contribution in [3.8, 4) is 0 Å². The van der Waals surface area contributed by atoms with Crippen LogP contribution in [0.4, 0.5) is 11.4 Å². The van der Waals surface area contributed by atoms with Crippen molar-refractivity contribution in [1.82, 2.24) is 4.31 Å². The van der Waals surface area contributed by atoms with Gasteiger partial charge in [0, 0.05) is 39.6 Å². The van der Waals surface area contributed by atoms with Crippen LogP contribution in [0.15, 0.2) is 47.4 Å². The molecule has 0 heterocycles. The lowest BCUT2D eigenvalue weighted by Gasteiger charge is -2.14. The first-order valence-corrected chi connectivity index (χ1v) is 10.2. The second kappa shape index (κ2) is 9.06. The molecule has 2 aromatic rings. The van der Waals surface area contributed by atoms with Gasteiger partial charge in [-0.2, -0.15) is 0 Å². The van der Waals surface area contributed by atoms with Crippen LogP contribution in [0.5, 0.6) is 0 Å². The number of carbonyl (C=O) groups is 2. The van der Waals surface area contributed by atoms with Crippen LogP contribution in [-0.4, -0.2) is 59.4 Å². The highest BCUT2D eigenvalue weighted by Gasteiger charge is 2.21. The maximum Gasteiger partial charge on any atom is 0.338 e. The Morgan fingerprint density at radius 3 is 2.17 bits per heavy atom. The van der Waals surface area contributed by atoms with Gasteiger partial charge in [-0.25, -0.2) is 17.5 Å². The quantitative estimate of drug-likeness (QED) is 0.691. The smallest absolute Gasteiger partial charge is 0.338 e. The average molecular weight is 420 g/mol. The minimum absolute atomic E-state index is 0.0227. The van der Waals surface area contributed by atoms with Crippen LogP contribution in [-0.2, 0) is 19.6 Å². The summed E-state index contributed by atoms with van der Waals surface area (Å²) in [5, 5.41) is 2.64. The predicted molar refractivity (Wildman–Crippen MR) is 112 cm³/mol. The fraction of sp³-hybridized carbons (Fsp3) is 0.300. The lowest BCUT2D eigenvalue weighted by Crippen LogP contribution is -2.23. The number of anilines is 2. The molecule has 0 aromatic heterocycles. The van der Waals surface area contributed by atoms with Crippen LogP contribution in [0.25, 0.3) is 0 Å². The van der Waals surface area contributed by atoms with E-state index in [0.717, 1.165) is 9.99 Å². The zero-order valence-corrected chi connectivity index (χ0v) is 17.9. The highest BCUT2D eigenvalue weighted by molar-refractivity contribution is 7.89. The second-order valence-corrected chi connectivity index (χ2v) is 8.98. The predicted octanol–water partition coefficient (Wildman–Crippen LogP) is 2.11. The number of carbonyl (C=O) groups excluding carboxylic acids is 2. The number of nitrogens with zero attached hydrogens (tertiary/aromatic N) is 2. The fourth-order valence-corrected chi connectivity index (χ4v) is 3.37. The van der Waals surface area contributed by atoms with E-state index in [9.17, 15) is 18.0 Å². The average Bonchev–Trinajstić information content (AvgIpc) is 2.66. The molecule has 0 saturated carbocycles. The molecular formula is C20H25N3O5S. The van der Waals surface area contributed by atoms with E-state index in [-0.39, 0.29) is 10.5 Å². The van der Waals surface area contributed by atoms with Gasteiger partial charge in [-0.3, -0.25) is 4.79 Å². The van der Waals surface area contributed by atoms with Gasteiger partial charge in [0.1, 0.15) is 0 Å². The van der Waals surface area contributed by atoms with E-state index >= 15 is 0 Å². The van der Waals surface area contributed by atoms with E-state index in [1.807, 2.05) is 31.1 Å². The molecule has 9 heteroatoms. The summed E-state index contributed by atoms with van der Waals surface area (Å²) in [6.45, 7) is 1.17. The summed E-state index contributed by atoms with van der Waals surface area (Å²) < 4.78 is 30.6. The molecule has 29 heavy (non-hydrogen) atoms. The number of ether oxygens (including phenoxy) is 1. The van der Waals surface area contributed by atoms with Crippen LogP contribution in [0.2, 0.25) is 0 Å². The van der Waals surface area contributed by atoms with Gasteiger partial charge in [0.15, 0.2) is 6.61 Å². The molecule has 0 aliphatic rings. The molecule has 0 aliphatic heterocycles. The minimum Gasteiger partial charge on any atom is -0.452 e. The Labute approximate surface area is 171 Å². The number of sulfonamides is 1. The Hall–Kier alpha value is -2.91. The molecule has 0 fully saturated rings. The molecular weight excluding hydrogens is 394 g/mol. The van der Waals surface area contributed by atoms with Crippen molar-refractivity contribution >= 4 is 33.3 Å². The standard InChI is InChI=1S/C20H25N3O5S/c1-14-6-11-17(29(26,27)23(4)5)12-18(14)20(25)28-13-19(24)21-15-7-9-16(10-8-15)22(2)3/h6-12H,13H2,1-5H3,(H,21,24). The van der Waals surface area contributed by atoms with E-state index in [4.69, 9.17) is 4.74 Å². The molecule has 2 rings (SSSR count). The number of hydrogen-bond donors (Lipinski definition) is 1. The molecule has 1 amide bonds. The van der Waals surface area contributed by atoms with Gasteiger partial charge in [-0.1, -0.05) is 6.07 Å². The van der Waals surface area contributed by atoms with Gasteiger partial charge in [0.25, 0.3) is 5.91 Å². The highest BCUT2D eigenvalue weighted by Crippen LogP contribution is 2.19. The molecule has 0 unspecified atom stereocenters. The first-order valence-electron chi connectivity index (χ1n) is 8.80. The van der Waals surface area contributed by atoms with Gasteiger partial charge in [-0.15, -0.1) is 0 Å². The Morgan fingerprint density at radius 2 is 1.62 bits per heavy atom. The van der Waals surface area contributed by atoms with Gasteiger partial charge in [0.05, 0.1) is 10.5 Å². The van der Waals surface area contributed by atoms with Gasteiger partial charge >= 0.3 is 5.97 Å². The summed E-state index contributed by atoms with van der Waals surface area (Å²) in [4.78, 5) is 26.3. The number of hydrogen-bond acceptors (Lipinski definition) is 6. The van der Waals surface area contributed by atoms with Crippen LogP contribution in [0.1, 0.15) is 15.9 Å². The highest BCUT2D eigenvalue weighted by atomic mass is 32.2. The molecule has 0 spiro atoms. The van der Waals surface area contributed by atoms with Crippen molar-refractivity contribution in [2.45, 2.75) is 11.8 Å². The Balaban J connectivity index is 2.04. The normalized spacial score (nSPS) is 11.2. The maximum atomic E-state index is 12.4. The third-order valence-corrected chi connectivity index (χ3v) is 6.02. The summed E-state index contributed by atoms with van der Waals surface area (Å²) in [5.41, 5.74) is 2.20. The monoisotopic (exact) mass is 419 g/mol. The maximum absolute atomic E-state index is 12.4. The fourth-order valence-electron chi connectivity index (χ4n) is 2.44. The zero-order chi connectivity index (χ0) is 21.8. The van der Waals surface area contributed by atoms with E-state index in [0.29, 0.717) is 11.3 Å². The van der Waals surface area contributed by atoms with Crippen LogP contribution in [0, 0.1) is 6.92 Å². The molecule has 0 bridgehead atoms. The van der Waals surface area contributed by atoms with Crippen molar-refractivity contribution in [3.63, 3.8) is 0 Å². The lowest BCUT2D eigenvalue weighted by molar-refractivity contribution is -0.119. The molecule has 2 aromatic carbocycles. The summed E-state index contributed by atoms with van der Waals surface area (Å²) in [6.07, 6.45) is 0. The molecule has 0 aliphatic carbocycles. The Morgan fingerprint density at radius 1 is 1.00 bits per heavy atom. The van der Waals surface area contributed by atoms with E-state index in [1.165, 1.54) is 32.3 Å². The first-order chi connectivity index (χ1) is 13.5. The van der Waals surface area contributed by atoms with E-state index in [2.05, 4.69) is 5.32 Å². The van der Waals surface area contributed by atoms with Crippen LogP contribution in [0.3, 0.4) is 0 Å². The molecule has 0 saturated heterocycles. The Bertz CT molecular complexity index is 999. The minimum atomic E-state index is -3.69. The van der Waals surface area contributed by atoms with Crippen molar-refractivity contribution in [2.75, 3.05) is 45.0 Å². The number of benzene rings is 2. The van der Waals surface area contributed by atoms with Crippen LogP contribution < -0.4 is 10.2 Å². The van der Waals surface area contributed by atoms with Gasteiger partial charge < -0.3 is 15.0 Å². The number of aryl methyl sites for hydroxylation is 1. The number of rotatable bonds is 7. The molecule has 1 N–H and O–H groups in total. The number of nitrogens with one attached hydrogen (secondary N) is 1. The summed E-state index contributed by atoms with van der Waals surface area (Å²) >= 11 is 0. The largest absolute Gasteiger partial charge is 0.452 e. The Kier molecular flexibility index (Phi) is 6.99. The third-order valence-electron chi connectivity index (χ3n) is 4.21. The van der Waals surface area contributed by atoms with Crippen molar-refractivity contribution in [3.05, 3.63) is 53.6 Å². The lowest BCUT2D eigenvalue weighted by atomic mass is 10.1.